The summed E-state index contributed by atoms with van der Waals surface area (Å²) in [4.78, 5) is 46.9. The van der Waals surface area contributed by atoms with Crippen molar-refractivity contribution in [3.8, 4) is 89.8 Å². The van der Waals surface area contributed by atoms with Crippen LogP contribution in [0.3, 0.4) is 0 Å². The molecule has 21 aromatic rings. The molecule has 25 rings (SSSR count). The van der Waals surface area contributed by atoms with Crippen LogP contribution in [0, 0.1) is 0 Å². The number of benzene rings is 15. The summed E-state index contributed by atoms with van der Waals surface area (Å²) >= 11 is 0. The summed E-state index contributed by atoms with van der Waals surface area (Å²) in [5.74, 6) is 0. The Bertz CT molecular complexity index is 7950. The van der Waals surface area contributed by atoms with Crippen molar-refractivity contribution in [1.29, 1.82) is 0 Å². The van der Waals surface area contributed by atoms with Gasteiger partial charge in [-0.25, -0.2) is 0 Å². The highest BCUT2D eigenvalue weighted by Crippen LogP contribution is 2.57. The summed E-state index contributed by atoms with van der Waals surface area (Å²) in [6, 6.07) is 163. The Hall–Kier alpha value is -17.9. The zero-order valence-electron chi connectivity index (χ0n) is 72.7. The highest BCUT2D eigenvalue weighted by Gasteiger charge is 2.50. The van der Waals surface area contributed by atoms with Crippen molar-refractivity contribution in [1.82, 2.24) is 29.9 Å². The summed E-state index contributed by atoms with van der Waals surface area (Å²) in [5.41, 5.74) is 39.0. The number of pyridine rings is 6. The zero-order valence-corrected chi connectivity index (χ0v) is 72.7. The molecule has 134 heavy (non-hydrogen) atoms. The Morgan fingerprint density at radius 1 is 0.179 bits per heavy atom. The van der Waals surface area contributed by atoms with Gasteiger partial charge in [-0.05, 0) is 231 Å². The van der Waals surface area contributed by atoms with Crippen LogP contribution in [0.2, 0.25) is 0 Å². The van der Waals surface area contributed by atoms with Crippen LogP contribution in [0.5, 0.6) is 0 Å². The van der Waals surface area contributed by atoms with Crippen molar-refractivity contribution in [3.05, 3.63) is 486 Å². The maximum Gasteiger partial charge on any atom is 0.252 e. The smallest absolute Gasteiger partial charge is 0.252 e. The molecule has 15 aromatic carbocycles. The van der Waals surface area contributed by atoms with E-state index in [0.29, 0.717) is 0 Å². The van der Waals surface area contributed by atoms with Gasteiger partial charge in [0.2, 0.25) is 0 Å². The SMILES string of the molecule is c1ccc(-c2ccnc(-c3cccc(-c4cc(-c5ccccc5)ccn4)c3N3c4cc5c(cc4B4c6ccccc6N(c6ccccc6-c6ccccn6)c6cc(N(c7ccccc7)c7ccccc7-c7ccccn7)cc3c64)B3c4ccccc4N(c4ccccc4-c4ccccn4)c4cc(N(c6ccccc6)c6ccccc6-c6ccccn6)cc(c43)N5c3ccccc3)c2)cc1. The second kappa shape index (κ2) is 33.3. The highest BCUT2D eigenvalue weighted by atomic mass is 15.2. The first-order valence-corrected chi connectivity index (χ1v) is 45.4. The molecule has 14 heteroatoms. The molecule has 0 fully saturated rings. The van der Waals surface area contributed by atoms with Crippen molar-refractivity contribution in [2.75, 3.05) is 29.4 Å². The fourth-order valence-electron chi connectivity index (χ4n) is 20.8. The Kier molecular flexibility index (Phi) is 19.5. The normalized spacial score (nSPS) is 12.4. The van der Waals surface area contributed by atoms with Crippen molar-refractivity contribution in [2.24, 2.45) is 0 Å². The molecular formula is C120H80B2N12. The zero-order chi connectivity index (χ0) is 88.5. The van der Waals surface area contributed by atoms with E-state index in [-0.39, 0.29) is 0 Å². The number of aromatic nitrogens is 6. The fourth-order valence-corrected chi connectivity index (χ4v) is 20.8. The van der Waals surface area contributed by atoms with Crippen LogP contribution in [0.25, 0.3) is 89.8 Å². The third kappa shape index (κ3) is 13.4. The van der Waals surface area contributed by atoms with Crippen molar-refractivity contribution in [3.63, 3.8) is 0 Å². The van der Waals surface area contributed by atoms with E-state index < -0.39 is 13.4 Å². The van der Waals surface area contributed by atoms with Crippen LogP contribution < -0.4 is 62.2 Å². The van der Waals surface area contributed by atoms with Gasteiger partial charge in [0, 0.05) is 133 Å². The average Bonchev–Trinajstić information content (AvgIpc) is 0.677. The molecule has 0 spiro atoms. The van der Waals surface area contributed by atoms with E-state index in [1.54, 1.807) is 0 Å². The van der Waals surface area contributed by atoms with Gasteiger partial charge in [-0.1, -0.05) is 273 Å². The van der Waals surface area contributed by atoms with Gasteiger partial charge in [-0.2, -0.15) is 0 Å². The van der Waals surface area contributed by atoms with E-state index in [4.69, 9.17) is 29.9 Å². The van der Waals surface area contributed by atoms with E-state index in [2.05, 4.69) is 454 Å². The maximum atomic E-state index is 5.59. The van der Waals surface area contributed by atoms with Crippen LogP contribution in [-0.4, -0.2) is 43.3 Å². The van der Waals surface area contributed by atoms with Crippen LogP contribution in [-0.2, 0) is 0 Å². The van der Waals surface area contributed by atoms with Crippen LogP contribution >= 0.6 is 0 Å². The molecule has 0 unspecified atom stereocenters. The number of hydrogen-bond donors (Lipinski definition) is 0. The van der Waals surface area contributed by atoms with E-state index in [1.807, 2.05) is 61.4 Å². The minimum Gasteiger partial charge on any atom is -0.311 e. The largest absolute Gasteiger partial charge is 0.311 e. The summed E-state index contributed by atoms with van der Waals surface area (Å²) in [6.45, 7) is -0.850. The number of anilines is 18. The predicted octanol–water partition coefficient (Wildman–Crippen LogP) is 26.5. The Morgan fingerprint density at radius 2 is 0.507 bits per heavy atom. The summed E-state index contributed by atoms with van der Waals surface area (Å²) < 4.78 is 0. The lowest BCUT2D eigenvalue weighted by molar-refractivity contribution is 1.20. The van der Waals surface area contributed by atoms with Gasteiger partial charge in [0.15, 0.2) is 0 Å². The number of hydrogen-bond acceptors (Lipinski definition) is 12. The second-order valence-corrected chi connectivity index (χ2v) is 34.0. The number of fused-ring (bicyclic) bond motifs is 8. The third-order valence-corrected chi connectivity index (χ3v) is 26.5. The average molecular weight is 1710 g/mol. The monoisotopic (exact) mass is 1710 g/mol. The molecular weight excluding hydrogens is 1630 g/mol. The highest BCUT2D eigenvalue weighted by molar-refractivity contribution is 7.03. The van der Waals surface area contributed by atoms with E-state index >= 15 is 0 Å². The van der Waals surface area contributed by atoms with Crippen molar-refractivity contribution >= 4 is 149 Å². The molecule has 0 aliphatic carbocycles. The molecule has 12 nitrogen and oxygen atoms in total. The van der Waals surface area contributed by atoms with Gasteiger partial charge < -0.3 is 29.4 Å². The predicted molar refractivity (Wildman–Crippen MR) is 554 cm³/mol. The standard InChI is InChI=1S/C120H80B2N12/c1-6-37-81(38-7-1)83-65-71-127-104(73-83)94-51-36-52-95(105-74-84(66-72-128-105)82-39-8-2-9-40-82)120(94)134-113-80-112-98(79-99(113)122-97-54-21-27-64-111(97)133(109-62-25-19-50-93(109)103-58-31-35-70-126-103)116-77-89(78-117(134)119(116)122)130(86-43-12-4-13-44-86)107-60-23-17-48-91(107)101-56-29-33-68-124-101)121-96-53-20-26-63-110(96)132(108-61-24-18-49-92(108)102-57-30-34-69-125-102)115-76-88(75-114(118(115)121)131(112)87-45-14-5-15-46-87)129(85-41-10-3-11-42-85)106-59-22-16-47-90(106)100-55-28-32-67-123-100/h1-80H. The van der Waals surface area contributed by atoms with Crippen molar-refractivity contribution in [2.45, 2.75) is 0 Å². The first kappa shape index (κ1) is 78.4. The first-order chi connectivity index (χ1) is 66.6. The lowest BCUT2D eigenvalue weighted by Crippen LogP contribution is -2.65. The molecule has 0 amide bonds. The summed E-state index contributed by atoms with van der Waals surface area (Å²) in [6.07, 6.45) is 11.5. The van der Waals surface area contributed by atoms with Crippen molar-refractivity contribution < 1.29 is 0 Å². The fraction of sp³-hybridized carbons (Fsp3) is 0. The van der Waals surface area contributed by atoms with Crippen LogP contribution in [0.15, 0.2) is 486 Å². The van der Waals surface area contributed by atoms with E-state index in [1.165, 1.54) is 0 Å². The molecule has 4 aliphatic heterocycles. The Labute approximate surface area is 778 Å². The quantitative estimate of drug-likeness (QED) is 0.0766. The molecule has 0 bridgehead atoms. The number of para-hydroxylation sites is 10. The topological polar surface area (TPSA) is 96.8 Å². The Balaban J connectivity index is 0.851. The van der Waals surface area contributed by atoms with Crippen LogP contribution in [0.1, 0.15) is 0 Å². The molecule has 0 saturated carbocycles. The molecule has 0 atom stereocenters. The van der Waals surface area contributed by atoms with E-state index in [9.17, 15) is 0 Å². The molecule has 626 valence electrons. The number of nitrogens with zero attached hydrogens (tertiary/aromatic N) is 12. The molecule has 4 aliphatic rings. The Morgan fingerprint density at radius 3 is 0.933 bits per heavy atom. The van der Waals surface area contributed by atoms with Crippen LogP contribution in [0.4, 0.5) is 102 Å². The van der Waals surface area contributed by atoms with Gasteiger partial charge >= 0.3 is 0 Å². The van der Waals surface area contributed by atoms with Gasteiger partial charge in [0.05, 0.1) is 74.0 Å². The molecule has 0 N–H and O–H groups in total. The van der Waals surface area contributed by atoms with Gasteiger partial charge in [-0.15, -0.1) is 0 Å². The van der Waals surface area contributed by atoms with Gasteiger partial charge in [-0.3, -0.25) is 29.9 Å². The van der Waals surface area contributed by atoms with Gasteiger partial charge in [0.1, 0.15) is 0 Å². The molecule has 10 heterocycles. The maximum absolute atomic E-state index is 5.59. The summed E-state index contributed by atoms with van der Waals surface area (Å²) in [7, 11) is 0. The third-order valence-electron chi connectivity index (χ3n) is 26.5. The van der Waals surface area contributed by atoms with Gasteiger partial charge in [0.25, 0.3) is 13.4 Å². The first-order valence-electron chi connectivity index (χ1n) is 45.4. The summed E-state index contributed by atoms with van der Waals surface area (Å²) in [5, 5.41) is 0. The molecule has 0 radical (unpaired) electrons. The number of rotatable bonds is 18. The lowest BCUT2D eigenvalue weighted by atomic mass is 9.30. The second-order valence-electron chi connectivity index (χ2n) is 34.0. The lowest BCUT2D eigenvalue weighted by Gasteiger charge is -2.48. The molecule has 6 aromatic heterocycles. The van der Waals surface area contributed by atoms with E-state index in [0.717, 1.165) is 225 Å². The minimum atomic E-state index is -0.451. The molecule has 0 saturated heterocycles. The minimum absolute atomic E-state index is 0.400.